The molecule has 1 aromatic heterocycles. The Balaban J connectivity index is 2.87. The molecule has 0 spiro atoms. The van der Waals surface area contributed by atoms with Crippen molar-refractivity contribution >= 4 is 27.3 Å². The second kappa shape index (κ2) is 4.98. The van der Waals surface area contributed by atoms with Gasteiger partial charge in [0, 0.05) is 12.2 Å². The smallest absolute Gasteiger partial charge is 0.307 e. The van der Waals surface area contributed by atoms with Crippen LogP contribution < -0.4 is 9.60 Å². The first-order valence-electron chi connectivity index (χ1n) is 4.66. The number of aromatic amines is 1. The molecule has 0 aliphatic rings. The summed E-state index contributed by atoms with van der Waals surface area (Å²) in [6.45, 7) is 2.63. The van der Waals surface area contributed by atoms with Crippen molar-refractivity contribution in [3.05, 3.63) is 15.4 Å². The minimum atomic E-state index is -3.82. The number of rotatable bonds is 5. The maximum absolute atomic E-state index is 11.7. The number of carbonyl (C=O) groups is 1. The number of carboxylic acids is 1. The zero-order valence-electron chi connectivity index (χ0n) is 9.18. The molecule has 0 aliphatic carbocycles. The summed E-state index contributed by atoms with van der Waals surface area (Å²) in [6, 6.07) is 0. The van der Waals surface area contributed by atoms with Crippen molar-refractivity contribution in [1.29, 1.82) is 0 Å². The van der Waals surface area contributed by atoms with Crippen molar-refractivity contribution in [3.8, 4) is 0 Å². The monoisotopic (exact) mass is 280 g/mol. The average Bonchev–Trinajstić information content (AvgIpc) is 2.55. The SMILES string of the molecule is Cc1[nH]c(=O)sc1S(=O)(=O)NCC(C)C(=O)O. The van der Waals surface area contributed by atoms with E-state index in [0.717, 1.165) is 0 Å². The van der Waals surface area contributed by atoms with Crippen LogP contribution >= 0.6 is 11.3 Å². The normalized spacial score (nSPS) is 13.5. The first-order valence-corrected chi connectivity index (χ1v) is 6.96. The van der Waals surface area contributed by atoms with Crippen LogP contribution in [0.25, 0.3) is 0 Å². The number of aryl methyl sites for hydroxylation is 1. The van der Waals surface area contributed by atoms with E-state index >= 15 is 0 Å². The molecule has 96 valence electrons. The lowest BCUT2D eigenvalue weighted by Crippen LogP contribution is -2.31. The van der Waals surface area contributed by atoms with Gasteiger partial charge in [-0.3, -0.25) is 9.59 Å². The number of hydrogen-bond acceptors (Lipinski definition) is 5. The van der Waals surface area contributed by atoms with E-state index < -0.39 is 26.8 Å². The number of H-pyrrole nitrogens is 1. The summed E-state index contributed by atoms with van der Waals surface area (Å²) in [4.78, 5) is 23.4. The minimum Gasteiger partial charge on any atom is -0.481 e. The molecule has 0 bridgehead atoms. The van der Waals surface area contributed by atoms with E-state index in [1.807, 2.05) is 0 Å². The lowest BCUT2D eigenvalue weighted by molar-refractivity contribution is -0.140. The summed E-state index contributed by atoms with van der Waals surface area (Å²) in [7, 11) is -3.82. The Morgan fingerprint density at radius 3 is 2.59 bits per heavy atom. The minimum absolute atomic E-state index is 0.111. The van der Waals surface area contributed by atoms with Gasteiger partial charge in [0.05, 0.1) is 5.92 Å². The van der Waals surface area contributed by atoms with Gasteiger partial charge in [-0.05, 0) is 6.92 Å². The zero-order valence-corrected chi connectivity index (χ0v) is 10.8. The van der Waals surface area contributed by atoms with Gasteiger partial charge in [0.1, 0.15) is 0 Å². The van der Waals surface area contributed by atoms with Crippen LogP contribution in [-0.4, -0.2) is 31.0 Å². The molecule has 9 heteroatoms. The third-order valence-corrected chi connectivity index (χ3v) is 5.05. The highest BCUT2D eigenvalue weighted by molar-refractivity contribution is 7.91. The predicted octanol–water partition coefficient (Wildman–Crippen LogP) is -0.256. The van der Waals surface area contributed by atoms with Crippen LogP contribution in [0.2, 0.25) is 0 Å². The Kier molecular flexibility index (Phi) is 4.07. The van der Waals surface area contributed by atoms with E-state index in [-0.39, 0.29) is 16.4 Å². The van der Waals surface area contributed by atoms with Gasteiger partial charge in [-0.2, -0.15) is 0 Å². The molecule has 0 fully saturated rings. The van der Waals surface area contributed by atoms with Crippen molar-refractivity contribution in [2.75, 3.05) is 6.54 Å². The number of hydrogen-bond donors (Lipinski definition) is 3. The summed E-state index contributed by atoms with van der Waals surface area (Å²) < 4.78 is 25.5. The number of nitrogens with one attached hydrogen (secondary N) is 2. The van der Waals surface area contributed by atoms with Gasteiger partial charge >= 0.3 is 10.8 Å². The highest BCUT2D eigenvalue weighted by Gasteiger charge is 2.22. The number of sulfonamides is 1. The third-order valence-electron chi connectivity index (χ3n) is 2.03. The molecule has 0 saturated carbocycles. The Bertz CT molecular complexity index is 571. The van der Waals surface area contributed by atoms with Gasteiger partial charge in [0.2, 0.25) is 0 Å². The van der Waals surface area contributed by atoms with Gasteiger partial charge in [-0.25, -0.2) is 13.1 Å². The average molecular weight is 280 g/mol. The highest BCUT2D eigenvalue weighted by atomic mass is 32.2. The number of carboxylic acid groups (broad SMARTS) is 1. The van der Waals surface area contributed by atoms with Crippen LogP contribution in [0.5, 0.6) is 0 Å². The molecule has 0 saturated heterocycles. The first-order chi connectivity index (χ1) is 7.74. The summed E-state index contributed by atoms with van der Waals surface area (Å²) in [6.07, 6.45) is 0. The Hall–Kier alpha value is -1.19. The Morgan fingerprint density at radius 2 is 2.18 bits per heavy atom. The molecule has 1 heterocycles. The Labute approximate surface area is 102 Å². The van der Waals surface area contributed by atoms with E-state index in [2.05, 4.69) is 9.71 Å². The van der Waals surface area contributed by atoms with Crippen molar-refractivity contribution in [2.45, 2.75) is 18.1 Å². The van der Waals surface area contributed by atoms with E-state index in [0.29, 0.717) is 11.3 Å². The molecular weight excluding hydrogens is 268 g/mol. The molecular formula is C8H12N2O5S2. The van der Waals surface area contributed by atoms with Crippen LogP contribution in [0.3, 0.4) is 0 Å². The maximum atomic E-state index is 11.7. The molecule has 1 aromatic rings. The van der Waals surface area contributed by atoms with Crippen molar-refractivity contribution < 1.29 is 18.3 Å². The van der Waals surface area contributed by atoms with E-state index in [1.54, 1.807) is 0 Å². The molecule has 1 atom stereocenters. The topological polar surface area (TPSA) is 116 Å². The van der Waals surface area contributed by atoms with Gasteiger partial charge in [-0.15, -0.1) is 0 Å². The molecule has 0 aromatic carbocycles. The number of aliphatic carboxylic acids is 1. The predicted molar refractivity (Wildman–Crippen MR) is 61.7 cm³/mol. The molecule has 17 heavy (non-hydrogen) atoms. The lowest BCUT2D eigenvalue weighted by atomic mass is 10.2. The summed E-state index contributed by atoms with van der Waals surface area (Å²) in [5, 5.41) is 8.62. The van der Waals surface area contributed by atoms with Crippen LogP contribution in [-0.2, 0) is 14.8 Å². The van der Waals surface area contributed by atoms with Crippen LogP contribution in [0.4, 0.5) is 0 Å². The van der Waals surface area contributed by atoms with E-state index in [4.69, 9.17) is 5.11 Å². The molecule has 0 aliphatic heterocycles. The fourth-order valence-corrected chi connectivity index (χ4v) is 3.51. The summed E-state index contributed by atoms with van der Waals surface area (Å²) >= 11 is 0.572. The van der Waals surface area contributed by atoms with E-state index in [9.17, 15) is 18.0 Å². The van der Waals surface area contributed by atoms with Gasteiger partial charge in [0.15, 0.2) is 4.21 Å². The molecule has 1 rings (SSSR count). The molecule has 0 radical (unpaired) electrons. The van der Waals surface area contributed by atoms with Crippen molar-refractivity contribution in [1.82, 2.24) is 9.71 Å². The second-order valence-corrected chi connectivity index (χ2v) is 6.46. The quantitative estimate of drug-likeness (QED) is 0.687. The fourth-order valence-electron chi connectivity index (χ4n) is 1.03. The summed E-state index contributed by atoms with van der Waals surface area (Å²) in [5.74, 6) is -1.92. The van der Waals surface area contributed by atoms with Crippen LogP contribution in [0, 0.1) is 12.8 Å². The second-order valence-electron chi connectivity index (χ2n) is 3.52. The lowest BCUT2D eigenvalue weighted by Gasteiger charge is -2.08. The highest BCUT2D eigenvalue weighted by Crippen LogP contribution is 2.15. The molecule has 7 nitrogen and oxygen atoms in total. The standard InChI is InChI=1S/C8H12N2O5S2/c1-4(6(11)12)3-9-17(14,15)7-5(2)10-8(13)16-7/h4,9H,3H2,1-2H3,(H,10,13)(H,11,12). The van der Waals surface area contributed by atoms with Crippen molar-refractivity contribution in [2.24, 2.45) is 5.92 Å². The Morgan fingerprint density at radius 1 is 1.59 bits per heavy atom. The van der Waals surface area contributed by atoms with Gasteiger partial charge < -0.3 is 10.1 Å². The largest absolute Gasteiger partial charge is 0.481 e. The number of thiazole rings is 1. The van der Waals surface area contributed by atoms with E-state index in [1.165, 1.54) is 13.8 Å². The van der Waals surface area contributed by atoms with Gasteiger partial charge in [-0.1, -0.05) is 18.3 Å². The summed E-state index contributed by atoms with van der Waals surface area (Å²) in [5.41, 5.74) is 0.246. The van der Waals surface area contributed by atoms with Crippen LogP contribution in [0.15, 0.2) is 9.00 Å². The molecule has 3 N–H and O–H groups in total. The molecule has 0 amide bonds. The third kappa shape index (κ3) is 3.38. The zero-order chi connectivity index (χ0) is 13.2. The molecule has 1 unspecified atom stereocenters. The first kappa shape index (κ1) is 13.9. The number of aromatic nitrogens is 1. The van der Waals surface area contributed by atoms with Crippen molar-refractivity contribution in [3.63, 3.8) is 0 Å². The maximum Gasteiger partial charge on any atom is 0.307 e. The van der Waals surface area contributed by atoms with Crippen LogP contribution in [0.1, 0.15) is 12.6 Å². The fraction of sp³-hybridized carbons (Fsp3) is 0.500. The van der Waals surface area contributed by atoms with Gasteiger partial charge in [0.25, 0.3) is 10.0 Å².